The van der Waals surface area contributed by atoms with Gasteiger partial charge in [-0.05, 0) is 58.3 Å². The summed E-state index contributed by atoms with van der Waals surface area (Å²) in [6.07, 6.45) is 0. The Morgan fingerprint density at radius 1 is 0.667 bits per heavy atom. The van der Waals surface area contributed by atoms with E-state index in [9.17, 15) is 0 Å². The minimum absolute atomic E-state index is 0.0129. The fourth-order valence-corrected chi connectivity index (χ4v) is 4.73. The van der Waals surface area contributed by atoms with Gasteiger partial charge in [0.1, 0.15) is 11.5 Å². The summed E-state index contributed by atoms with van der Waals surface area (Å²) in [4.78, 5) is 0. The molecular weight excluding hydrogens is 444 g/mol. The monoisotopic (exact) mass is 478 g/mol. The molecule has 0 saturated heterocycles. The summed E-state index contributed by atoms with van der Waals surface area (Å²) in [5.41, 5.74) is 6.10. The summed E-state index contributed by atoms with van der Waals surface area (Å²) in [5.74, 6) is 1.73. The third-order valence-corrected chi connectivity index (χ3v) is 6.24. The highest BCUT2D eigenvalue weighted by molar-refractivity contribution is 5.90. The average molecular weight is 479 g/mol. The predicted octanol–water partition coefficient (Wildman–Crippen LogP) is 5.90. The molecule has 4 aromatic rings. The van der Waals surface area contributed by atoms with E-state index in [1.807, 2.05) is 30.3 Å². The molecule has 0 radical (unpaired) electrons. The van der Waals surface area contributed by atoms with Crippen LogP contribution < -0.4 is 15.2 Å². The van der Waals surface area contributed by atoms with Crippen molar-refractivity contribution in [2.75, 3.05) is 14.2 Å². The van der Waals surface area contributed by atoms with Gasteiger partial charge in [0.05, 0.1) is 0 Å². The molecule has 0 spiro atoms. The van der Waals surface area contributed by atoms with Crippen molar-refractivity contribution >= 4 is 23.9 Å². The lowest BCUT2D eigenvalue weighted by molar-refractivity contribution is 0.399. The highest BCUT2D eigenvalue weighted by Crippen LogP contribution is 2.48. The van der Waals surface area contributed by atoms with E-state index in [1.54, 1.807) is 0 Å². The van der Waals surface area contributed by atoms with Crippen LogP contribution in [0, 0.1) is 13.8 Å². The van der Waals surface area contributed by atoms with E-state index in [-0.39, 0.29) is 5.92 Å². The number of benzene rings is 3. The van der Waals surface area contributed by atoms with Gasteiger partial charge in [-0.2, -0.15) is 0 Å². The summed E-state index contributed by atoms with van der Waals surface area (Å²) >= 11 is 0. The van der Waals surface area contributed by atoms with Crippen molar-refractivity contribution in [2.45, 2.75) is 19.8 Å². The molecule has 184 valence electrons. The van der Waals surface area contributed by atoms with Gasteiger partial charge in [0.2, 0.25) is 0 Å². The van der Waals surface area contributed by atoms with E-state index in [0.29, 0.717) is 0 Å². The average Bonchev–Trinajstić information content (AvgIpc) is 2.91. The molecule has 5 rings (SSSR count). The number of aliphatic hydroxyl groups is 2. The number of hydrogen-bond donors (Lipinski definition) is 2. The van der Waals surface area contributed by atoms with Crippen LogP contribution in [0.15, 0.2) is 91.0 Å². The first-order valence-corrected chi connectivity index (χ1v) is 11.8. The van der Waals surface area contributed by atoms with Crippen molar-refractivity contribution in [1.82, 2.24) is 0 Å². The van der Waals surface area contributed by atoms with E-state index in [0.717, 1.165) is 41.7 Å². The van der Waals surface area contributed by atoms with Gasteiger partial charge < -0.3 is 14.9 Å². The Morgan fingerprint density at radius 2 is 1.31 bits per heavy atom. The van der Waals surface area contributed by atoms with E-state index >= 15 is 0 Å². The fraction of sp³-hybridized carbons (Fsp3) is 0.152. The maximum absolute atomic E-state index is 7.00. The molecule has 0 aromatic heterocycles. The van der Waals surface area contributed by atoms with Gasteiger partial charge in [0.25, 0.3) is 0 Å². The second kappa shape index (κ2) is 12.2. The molecule has 1 aliphatic rings. The van der Waals surface area contributed by atoms with Gasteiger partial charge in [-0.1, -0.05) is 97.6 Å². The van der Waals surface area contributed by atoms with Crippen molar-refractivity contribution in [3.05, 3.63) is 129 Å². The molecule has 1 aliphatic heterocycles. The van der Waals surface area contributed by atoms with Crippen LogP contribution in [0.5, 0.6) is 11.5 Å². The fourth-order valence-electron chi connectivity index (χ4n) is 4.73. The summed E-state index contributed by atoms with van der Waals surface area (Å²) in [6.45, 7) is 12.9. The van der Waals surface area contributed by atoms with Crippen molar-refractivity contribution < 1.29 is 14.9 Å². The third kappa shape index (κ3) is 5.33. The second-order valence-electron chi connectivity index (χ2n) is 8.52. The molecular formula is C33H34O3. The van der Waals surface area contributed by atoms with Crippen molar-refractivity contribution in [2.24, 2.45) is 0 Å². The van der Waals surface area contributed by atoms with Crippen LogP contribution in [0.2, 0.25) is 0 Å². The topological polar surface area (TPSA) is 49.7 Å². The zero-order valence-corrected chi connectivity index (χ0v) is 21.5. The normalized spacial score (nSPS) is 12.9. The van der Waals surface area contributed by atoms with Crippen LogP contribution in [-0.4, -0.2) is 24.4 Å². The molecule has 1 heterocycles. The molecule has 0 aliphatic carbocycles. The molecule has 0 saturated carbocycles. The molecule has 3 nitrogen and oxygen atoms in total. The molecule has 0 amide bonds. The number of aliphatic hydroxyl groups excluding tert-OH is 2. The lowest BCUT2D eigenvalue weighted by atomic mass is 9.78. The highest BCUT2D eigenvalue weighted by atomic mass is 16.5. The standard InChI is InChI=1S/C31H26O.2CH4O/c1-20-9-5-6-10-22(3)29-27(17-14-20)32-28-18-15-24-11-7-8-12-26(24)30(28)31(29)25-16-13-21(2)19-23(25)4;2*1-2/h5-19,31H,1,3H2,2,4H3;2*2H,1H3. The Labute approximate surface area is 213 Å². The second-order valence-corrected chi connectivity index (χ2v) is 8.52. The number of hydrogen-bond acceptors (Lipinski definition) is 3. The predicted molar refractivity (Wildman–Crippen MR) is 152 cm³/mol. The van der Waals surface area contributed by atoms with E-state index in [2.05, 4.69) is 87.7 Å². The Balaban J connectivity index is 0.000000861. The van der Waals surface area contributed by atoms with Gasteiger partial charge in [-0.3, -0.25) is 0 Å². The van der Waals surface area contributed by atoms with Gasteiger partial charge in [-0.25, -0.2) is 0 Å². The van der Waals surface area contributed by atoms with Crippen LogP contribution in [0.4, 0.5) is 0 Å². The summed E-state index contributed by atoms with van der Waals surface area (Å²) < 4.78 is 6.54. The maximum atomic E-state index is 7.00. The zero-order chi connectivity index (χ0) is 26.2. The maximum Gasteiger partial charge on any atom is 0.132 e. The van der Waals surface area contributed by atoms with Gasteiger partial charge in [0.15, 0.2) is 0 Å². The summed E-state index contributed by atoms with van der Waals surface area (Å²) in [6, 6.07) is 31.6. The Bertz CT molecular complexity index is 1520. The first-order chi connectivity index (χ1) is 17.5. The summed E-state index contributed by atoms with van der Waals surface area (Å²) in [7, 11) is 2.00. The largest absolute Gasteiger partial charge is 0.457 e. The zero-order valence-electron chi connectivity index (χ0n) is 21.5. The molecule has 1 unspecified atom stereocenters. The number of aryl methyl sites for hydroxylation is 2. The quantitative estimate of drug-likeness (QED) is 0.315. The lowest BCUT2D eigenvalue weighted by Crippen LogP contribution is -2.20. The number of rotatable bonds is 1. The first-order valence-electron chi connectivity index (χ1n) is 11.8. The molecule has 36 heavy (non-hydrogen) atoms. The smallest absolute Gasteiger partial charge is 0.132 e. The Hall–Kier alpha value is -3.92. The Morgan fingerprint density at radius 3 is 2.06 bits per heavy atom. The van der Waals surface area contributed by atoms with Crippen molar-refractivity contribution in [3.63, 3.8) is 0 Å². The third-order valence-electron chi connectivity index (χ3n) is 6.24. The van der Waals surface area contributed by atoms with E-state index in [1.165, 1.54) is 33.0 Å². The molecule has 4 aromatic carbocycles. The van der Waals surface area contributed by atoms with Crippen LogP contribution >= 0.6 is 0 Å². The highest BCUT2D eigenvalue weighted by Gasteiger charge is 2.31. The lowest BCUT2D eigenvalue weighted by Gasteiger charge is -2.31. The minimum atomic E-state index is 0.0129. The number of fused-ring (bicyclic) bond motifs is 4. The molecule has 0 fully saturated rings. The summed E-state index contributed by atoms with van der Waals surface area (Å²) in [5, 5.41) is 18.3. The minimum Gasteiger partial charge on any atom is -0.457 e. The van der Waals surface area contributed by atoms with Crippen LogP contribution in [-0.2, 0) is 0 Å². The van der Waals surface area contributed by atoms with Crippen molar-refractivity contribution in [3.8, 4) is 11.5 Å². The number of ether oxygens (including phenoxy) is 1. The molecule has 1 atom stereocenters. The van der Waals surface area contributed by atoms with Crippen LogP contribution in [0.1, 0.15) is 33.7 Å². The first kappa shape index (κ1) is 26.7. The van der Waals surface area contributed by atoms with Crippen molar-refractivity contribution in [1.29, 1.82) is 0 Å². The van der Waals surface area contributed by atoms with Crippen LogP contribution in [0.3, 0.4) is 0 Å². The van der Waals surface area contributed by atoms with E-state index < -0.39 is 0 Å². The molecule has 2 N–H and O–H groups in total. The van der Waals surface area contributed by atoms with Gasteiger partial charge in [0, 0.05) is 31.3 Å². The molecule has 3 heteroatoms. The SMILES string of the molecule is C=c1ccccc(=C)c2c(cc1)Oc1ccc3ccccc3c1C2c1ccc(C)cc1C.CO.CO. The Kier molecular flexibility index (Phi) is 9.02. The van der Waals surface area contributed by atoms with E-state index in [4.69, 9.17) is 14.9 Å². The van der Waals surface area contributed by atoms with Crippen LogP contribution in [0.25, 0.3) is 23.9 Å². The van der Waals surface area contributed by atoms with Gasteiger partial charge >= 0.3 is 0 Å². The van der Waals surface area contributed by atoms with Gasteiger partial charge in [-0.15, -0.1) is 0 Å². The molecule has 0 bridgehead atoms.